The lowest BCUT2D eigenvalue weighted by molar-refractivity contribution is -0.147. The summed E-state index contributed by atoms with van der Waals surface area (Å²) in [5, 5.41) is 14.7. The van der Waals surface area contributed by atoms with Crippen molar-refractivity contribution in [3.63, 3.8) is 0 Å². The average molecular weight is 364 g/mol. The zero-order valence-corrected chi connectivity index (χ0v) is 15.7. The summed E-state index contributed by atoms with van der Waals surface area (Å²) in [4.78, 5) is 36.2. The number of benzene rings is 1. The first kappa shape index (κ1) is 21.5. The smallest absolute Gasteiger partial charge is 0.328 e. The summed E-state index contributed by atoms with van der Waals surface area (Å²) in [7, 11) is 0. The Morgan fingerprint density at radius 2 is 1.69 bits per heavy atom. The topological polar surface area (TPSA) is 105 Å². The molecule has 0 radical (unpaired) electrons. The molecule has 0 spiro atoms. The SMILES string of the molecule is CCOC(=O)C(Cc1ccc(O)cc1)NC(=O)C(CC(C)C)NC(C)=O. The summed E-state index contributed by atoms with van der Waals surface area (Å²) >= 11 is 0. The number of phenolic OH excluding ortho intramolecular Hbond substituents is 1. The van der Waals surface area contributed by atoms with Crippen molar-refractivity contribution in [3.05, 3.63) is 29.8 Å². The third kappa shape index (κ3) is 7.55. The number of amides is 2. The first-order valence-electron chi connectivity index (χ1n) is 8.74. The predicted octanol–water partition coefficient (Wildman–Crippen LogP) is 1.53. The van der Waals surface area contributed by atoms with Crippen LogP contribution < -0.4 is 10.6 Å². The van der Waals surface area contributed by atoms with Gasteiger partial charge < -0.3 is 20.5 Å². The molecule has 1 rings (SSSR count). The summed E-state index contributed by atoms with van der Waals surface area (Å²) in [5.74, 6) is -0.966. The molecule has 0 aromatic heterocycles. The molecule has 2 amide bonds. The van der Waals surface area contributed by atoms with Crippen LogP contribution in [0.5, 0.6) is 5.75 Å². The number of carbonyl (C=O) groups is 3. The number of nitrogens with one attached hydrogen (secondary N) is 2. The molecule has 0 aliphatic rings. The minimum Gasteiger partial charge on any atom is -0.508 e. The van der Waals surface area contributed by atoms with Crippen molar-refractivity contribution >= 4 is 17.8 Å². The lowest BCUT2D eigenvalue weighted by atomic mass is 10.0. The second kappa shape index (κ2) is 10.4. The van der Waals surface area contributed by atoms with Crippen molar-refractivity contribution in [2.75, 3.05) is 6.61 Å². The third-order valence-electron chi connectivity index (χ3n) is 3.66. The number of hydrogen-bond acceptors (Lipinski definition) is 5. The van der Waals surface area contributed by atoms with Crippen molar-refractivity contribution in [1.29, 1.82) is 0 Å². The molecule has 0 fully saturated rings. The maximum Gasteiger partial charge on any atom is 0.328 e. The maximum atomic E-state index is 12.6. The number of hydrogen-bond donors (Lipinski definition) is 3. The van der Waals surface area contributed by atoms with E-state index in [9.17, 15) is 19.5 Å². The third-order valence-corrected chi connectivity index (χ3v) is 3.66. The van der Waals surface area contributed by atoms with Crippen LogP contribution in [0.3, 0.4) is 0 Å². The summed E-state index contributed by atoms with van der Waals surface area (Å²) in [6, 6.07) is 4.77. The molecule has 1 aromatic carbocycles. The fourth-order valence-corrected chi connectivity index (χ4v) is 2.52. The number of aromatic hydroxyl groups is 1. The summed E-state index contributed by atoms with van der Waals surface area (Å²) < 4.78 is 5.05. The average Bonchev–Trinajstić information content (AvgIpc) is 2.54. The Bertz CT molecular complexity index is 613. The van der Waals surface area contributed by atoms with Crippen LogP contribution in [0.1, 0.15) is 39.7 Å². The van der Waals surface area contributed by atoms with Crippen LogP contribution in [0.25, 0.3) is 0 Å². The zero-order chi connectivity index (χ0) is 19.7. The standard InChI is InChI=1S/C19H28N2O5/c1-5-26-19(25)17(11-14-6-8-15(23)9-7-14)21-18(24)16(10-12(2)3)20-13(4)22/h6-9,12,16-17,23H,5,10-11H2,1-4H3,(H,20,22)(H,21,24). The van der Waals surface area contributed by atoms with Crippen molar-refractivity contribution in [2.45, 2.75) is 52.6 Å². The Kier molecular flexibility index (Phi) is 8.61. The molecule has 3 N–H and O–H groups in total. The normalized spacial score (nSPS) is 13.0. The van der Waals surface area contributed by atoms with Gasteiger partial charge in [-0.25, -0.2) is 4.79 Å². The van der Waals surface area contributed by atoms with Gasteiger partial charge in [-0.1, -0.05) is 26.0 Å². The van der Waals surface area contributed by atoms with E-state index in [0.29, 0.717) is 6.42 Å². The van der Waals surface area contributed by atoms with Gasteiger partial charge >= 0.3 is 5.97 Å². The van der Waals surface area contributed by atoms with Crippen LogP contribution in [0.4, 0.5) is 0 Å². The van der Waals surface area contributed by atoms with E-state index in [-0.39, 0.29) is 30.6 Å². The largest absolute Gasteiger partial charge is 0.508 e. The van der Waals surface area contributed by atoms with Crippen LogP contribution in [0.2, 0.25) is 0 Å². The molecule has 0 aliphatic carbocycles. The second-order valence-corrected chi connectivity index (χ2v) is 6.57. The molecule has 2 atom stereocenters. The van der Waals surface area contributed by atoms with E-state index >= 15 is 0 Å². The monoisotopic (exact) mass is 364 g/mol. The molecule has 0 aliphatic heterocycles. The molecule has 2 unspecified atom stereocenters. The van der Waals surface area contributed by atoms with Crippen molar-refractivity contribution in [1.82, 2.24) is 10.6 Å². The minimum atomic E-state index is -0.879. The predicted molar refractivity (Wildman–Crippen MR) is 97.4 cm³/mol. The van der Waals surface area contributed by atoms with Gasteiger partial charge in [-0.15, -0.1) is 0 Å². The van der Waals surface area contributed by atoms with Gasteiger partial charge in [-0.05, 0) is 37.0 Å². The number of ether oxygens (including phenoxy) is 1. The summed E-state index contributed by atoms with van der Waals surface area (Å²) in [6.45, 7) is 7.13. The van der Waals surface area contributed by atoms with Crippen molar-refractivity contribution in [3.8, 4) is 5.75 Å². The summed E-state index contributed by atoms with van der Waals surface area (Å²) in [6.07, 6.45) is 0.680. The van der Waals surface area contributed by atoms with Gasteiger partial charge in [0.2, 0.25) is 11.8 Å². The highest BCUT2D eigenvalue weighted by Gasteiger charge is 2.27. The Labute approximate surface area is 154 Å². The Balaban J connectivity index is 2.90. The van der Waals surface area contributed by atoms with Crippen LogP contribution >= 0.6 is 0 Å². The molecular formula is C19H28N2O5. The Morgan fingerprint density at radius 1 is 1.08 bits per heavy atom. The van der Waals surface area contributed by atoms with Crippen LogP contribution in [-0.2, 0) is 25.5 Å². The van der Waals surface area contributed by atoms with E-state index in [4.69, 9.17) is 4.74 Å². The number of rotatable bonds is 9. The van der Waals surface area contributed by atoms with Gasteiger partial charge in [0, 0.05) is 13.3 Å². The van der Waals surface area contributed by atoms with Gasteiger partial charge in [0.15, 0.2) is 0 Å². The Hall–Kier alpha value is -2.57. The van der Waals surface area contributed by atoms with Gasteiger partial charge in [0.1, 0.15) is 17.8 Å². The van der Waals surface area contributed by atoms with E-state index in [1.165, 1.54) is 19.1 Å². The molecule has 1 aromatic rings. The van der Waals surface area contributed by atoms with E-state index in [1.54, 1.807) is 19.1 Å². The van der Waals surface area contributed by atoms with E-state index in [0.717, 1.165) is 5.56 Å². The van der Waals surface area contributed by atoms with E-state index in [2.05, 4.69) is 10.6 Å². The van der Waals surface area contributed by atoms with Crippen molar-refractivity contribution in [2.24, 2.45) is 5.92 Å². The van der Waals surface area contributed by atoms with E-state index < -0.39 is 24.0 Å². The van der Waals surface area contributed by atoms with Gasteiger partial charge in [-0.2, -0.15) is 0 Å². The number of esters is 1. The highest BCUT2D eigenvalue weighted by Crippen LogP contribution is 2.13. The molecule has 0 heterocycles. The lowest BCUT2D eigenvalue weighted by Crippen LogP contribution is -2.52. The van der Waals surface area contributed by atoms with E-state index in [1.807, 2.05) is 13.8 Å². The first-order chi connectivity index (χ1) is 12.2. The zero-order valence-electron chi connectivity index (χ0n) is 15.7. The van der Waals surface area contributed by atoms with Crippen LogP contribution in [0.15, 0.2) is 24.3 Å². The van der Waals surface area contributed by atoms with Gasteiger partial charge in [-0.3, -0.25) is 9.59 Å². The highest BCUT2D eigenvalue weighted by atomic mass is 16.5. The number of phenols is 1. The lowest BCUT2D eigenvalue weighted by Gasteiger charge is -2.23. The van der Waals surface area contributed by atoms with Gasteiger partial charge in [0.25, 0.3) is 0 Å². The molecule has 7 nitrogen and oxygen atoms in total. The fraction of sp³-hybridized carbons (Fsp3) is 0.526. The summed E-state index contributed by atoms with van der Waals surface area (Å²) in [5.41, 5.74) is 0.765. The molecule has 144 valence electrons. The van der Waals surface area contributed by atoms with Gasteiger partial charge in [0.05, 0.1) is 6.61 Å². The molecular weight excluding hydrogens is 336 g/mol. The molecule has 26 heavy (non-hydrogen) atoms. The second-order valence-electron chi connectivity index (χ2n) is 6.57. The number of carbonyl (C=O) groups excluding carboxylic acids is 3. The quantitative estimate of drug-likeness (QED) is 0.577. The molecule has 7 heteroatoms. The van der Waals surface area contributed by atoms with Crippen LogP contribution in [-0.4, -0.2) is 41.6 Å². The molecule has 0 saturated heterocycles. The minimum absolute atomic E-state index is 0.119. The molecule has 0 saturated carbocycles. The highest BCUT2D eigenvalue weighted by molar-refractivity contribution is 5.90. The van der Waals surface area contributed by atoms with Crippen molar-refractivity contribution < 1.29 is 24.2 Å². The first-order valence-corrected chi connectivity index (χ1v) is 8.74. The molecule has 0 bridgehead atoms. The van der Waals surface area contributed by atoms with Crippen LogP contribution in [0, 0.1) is 5.92 Å². The maximum absolute atomic E-state index is 12.6. The Morgan fingerprint density at radius 3 is 2.19 bits per heavy atom. The fourth-order valence-electron chi connectivity index (χ4n) is 2.52.